The largest absolute Gasteiger partial charge is 0.402 e. The second-order valence-corrected chi connectivity index (χ2v) is 2.68. The van der Waals surface area contributed by atoms with E-state index in [1.807, 2.05) is 34.6 Å². The molecule has 0 radical (unpaired) electrons. The number of nitrogens with two attached hydrogens (primary N) is 1. The molecule has 3 N–H and O–H groups in total. The topological polar surface area (TPSA) is 49.9 Å². The number of allylic oxidation sites excluding steroid dienone is 2. The Morgan fingerprint density at radius 1 is 1.42 bits per heavy atom. The first-order valence-corrected chi connectivity index (χ1v) is 4.62. The molecule has 2 heteroatoms. The lowest BCUT2D eigenvalue weighted by Crippen LogP contribution is -2.06. The van der Waals surface area contributed by atoms with Crippen LogP contribution >= 0.6 is 0 Å². The molecule has 0 rings (SSSR count). The average molecular weight is 170 g/mol. The van der Waals surface area contributed by atoms with Crippen LogP contribution < -0.4 is 5.73 Å². The Kier molecular flexibility index (Phi) is 9.54. The van der Waals surface area contributed by atoms with Gasteiger partial charge in [0.15, 0.2) is 0 Å². The van der Waals surface area contributed by atoms with Gasteiger partial charge in [0.05, 0.1) is 0 Å². The third-order valence-electron chi connectivity index (χ3n) is 1.37. The van der Waals surface area contributed by atoms with Crippen molar-refractivity contribution in [3.63, 3.8) is 0 Å². The first kappa shape index (κ1) is 13.8. The monoisotopic (exact) mass is 170 g/mol. The van der Waals surface area contributed by atoms with Crippen LogP contribution in [0.5, 0.6) is 0 Å². The molecule has 0 amide bonds. The predicted molar refractivity (Wildman–Crippen MR) is 56.5 cm³/mol. The molecule has 72 valence electrons. The predicted octanol–water partition coefficient (Wildman–Crippen LogP) is 2.94. The van der Waals surface area contributed by atoms with Crippen molar-refractivity contribution in [1.82, 2.24) is 0 Å². The molecule has 0 fully saturated rings. The number of nitrogens with one attached hydrogen (secondary N) is 1. The first-order valence-electron chi connectivity index (χ1n) is 4.62. The summed E-state index contributed by atoms with van der Waals surface area (Å²) in [6.07, 6.45) is 2.57. The minimum absolute atomic E-state index is 0.282. The minimum atomic E-state index is 0.282. The third kappa shape index (κ3) is 7.32. The molecular formula is C10H22N2. The Labute approximate surface area is 76.4 Å². The van der Waals surface area contributed by atoms with Crippen molar-refractivity contribution < 1.29 is 0 Å². The molecule has 0 aromatic carbocycles. The van der Waals surface area contributed by atoms with Crippen molar-refractivity contribution in [3.8, 4) is 0 Å². The van der Waals surface area contributed by atoms with E-state index >= 15 is 0 Å². The molecule has 0 spiro atoms. The summed E-state index contributed by atoms with van der Waals surface area (Å²) in [5.74, 6) is 0.282. The van der Waals surface area contributed by atoms with Crippen LogP contribution in [-0.4, -0.2) is 5.71 Å². The normalized spacial score (nSPS) is 10.7. The van der Waals surface area contributed by atoms with Gasteiger partial charge in [-0.3, -0.25) is 0 Å². The van der Waals surface area contributed by atoms with Gasteiger partial charge in [-0.2, -0.15) is 0 Å². The summed E-state index contributed by atoms with van der Waals surface area (Å²) in [7, 11) is 0. The molecule has 0 heterocycles. The van der Waals surface area contributed by atoms with Crippen molar-refractivity contribution in [3.05, 3.63) is 11.8 Å². The number of rotatable bonds is 3. The van der Waals surface area contributed by atoms with Gasteiger partial charge < -0.3 is 11.1 Å². The van der Waals surface area contributed by atoms with Crippen LogP contribution in [0.25, 0.3) is 0 Å². The lowest BCUT2D eigenvalue weighted by atomic mass is 10.1. The summed E-state index contributed by atoms with van der Waals surface area (Å²) in [5, 5.41) is 7.42. The Morgan fingerprint density at radius 2 is 1.83 bits per heavy atom. The maximum Gasteiger partial charge on any atom is 0.0356 e. The summed E-state index contributed by atoms with van der Waals surface area (Å²) >= 11 is 0. The van der Waals surface area contributed by atoms with Crippen molar-refractivity contribution in [2.45, 2.75) is 41.0 Å². The SMILES string of the molecule is CC.CC/C(N)=C/C(=N)C(C)C. The highest BCUT2D eigenvalue weighted by atomic mass is 14.6. The van der Waals surface area contributed by atoms with E-state index in [1.165, 1.54) is 0 Å². The van der Waals surface area contributed by atoms with Gasteiger partial charge in [0.25, 0.3) is 0 Å². The molecule has 0 saturated carbocycles. The van der Waals surface area contributed by atoms with Crippen LogP contribution in [0, 0.1) is 11.3 Å². The van der Waals surface area contributed by atoms with E-state index in [9.17, 15) is 0 Å². The molecule has 0 bridgehead atoms. The van der Waals surface area contributed by atoms with Gasteiger partial charge in [0.1, 0.15) is 0 Å². The van der Waals surface area contributed by atoms with Gasteiger partial charge in [0, 0.05) is 11.4 Å². The summed E-state index contributed by atoms with van der Waals surface area (Å²) in [6.45, 7) is 9.96. The molecule has 0 aliphatic carbocycles. The third-order valence-corrected chi connectivity index (χ3v) is 1.37. The van der Waals surface area contributed by atoms with Crippen LogP contribution in [0.2, 0.25) is 0 Å². The number of hydrogen-bond acceptors (Lipinski definition) is 2. The quantitative estimate of drug-likeness (QED) is 0.629. The van der Waals surface area contributed by atoms with Crippen LogP contribution in [-0.2, 0) is 0 Å². The van der Waals surface area contributed by atoms with Gasteiger partial charge in [0.2, 0.25) is 0 Å². The highest BCUT2D eigenvalue weighted by Gasteiger charge is 1.98. The fourth-order valence-electron chi connectivity index (χ4n) is 0.468. The van der Waals surface area contributed by atoms with E-state index in [1.54, 1.807) is 6.08 Å². The Hall–Kier alpha value is -0.790. The van der Waals surface area contributed by atoms with Crippen LogP contribution in [0.1, 0.15) is 41.0 Å². The first-order chi connectivity index (χ1) is 5.57. The summed E-state index contributed by atoms with van der Waals surface area (Å²) in [4.78, 5) is 0. The van der Waals surface area contributed by atoms with Crippen molar-refractivity contribution >= 4 is 5.71 Å². The van der Waals surface area contributed by atoms with Crippen molar-refractivity contribution in [2.75, 3.05) is 0 Å². The zero-order valence-corrected chi connectivity index (χ0v) is 8.94. The van der Waals surface area contributed by atoms with Crippen LogP contribution in [0.4, 0.5) is 0 Å². The van der Waals surface area contributed by atoms with E-state index < -0.39 is 0 Å². The van der Waals surface area contributed by atoms with Gasteiger partial charge in [-0.25, -0.2) is 0 Å². The molecular weight excluding hydrogens is 148 g/mol. The number of hydrogen-bond donors (Lipinski definition) is 2. The Balaban J connectivity index is 0. The Bertz CT molecular complexity index is 146. The van der Waals surface area contributed by atoms with E-state index in [4.69, 9.17) is 11.1 Å². The summed E-state index contributed by atoms with van der Waals surface area (Å²) in [5.41, 5.74) is 6.93. The molecule has 0 aromatic heterocycles. The summed E-state index contributed by atoms with van der Waals surface area (Å²) < 4.78 is 0. The second-order valence-electron chi connectivity index (χ2n) is 2.68. The minimum Gasteiger partial charge on any atom is -0.402 e. The fourth-order valence-corrected chi connectivity index (χ4v) is 0.468. The maximum atomic E-state index is 7.42. The molecule has 0 aliphatic rings. The molecule has 0 aliphatic heterocycles. The van der Waals surface area contributed by atoms with E-state index in [2.05, 4.69) is 0 Å². The van der Waals surface area contributed by atoms with Gasteiger partial charge in [-0.1, -0.05) is 34.6 Å². The zero-order valence-electron chi connectivity index (χ0n) is 8.94. The van der Waals surface area contributed by atoms with E-state index in [0.29, 0.717) is 5.71 Å². The van der Waals surface area contributed by atoms with E-state index in [0.717, 1.165) is 12.1 Å². The van der Waals surface area contributed by atoms with Gasteiger partial charge >= 0.3 is 0 Å². The molecule has 0 aromatic rings. The fraction of sp³-hybridized carbons (Fsp3) is 0.700. The molecule has 0 atom stereocenters. The van der Waals surface area contributed by atoms with Crippen molar-refractivity contribution in [2.24, 2.45) is 11.7 Å². The molecule has 12 heavy (non-hydrogen) atoms. The molecule has 2 nitrogen and oxygen atoms in total. The average Bonchev–Trinajstić information content (AvgIpc) is 2.07. The molecule has 0 unspecified atom stereocenters. The zero-order chi connectivity index (χ0) is 10.1. The second kappa shape index (κ2) is 8.31. The molecule has 0 saturated heterocycles. The van der Waals surface area contributed by atoms with Gasteiger partial charge in [-0.15, -0.1) is 0 Å². The highest BCUT2D eigenvalue weighted by molar-refractivity contribution is 5.94. The highest BCUT2D eigenvalue weighted by Crippen LogP contribution is 1.99. The van der Waals surface area contributed by atoms with Crippen LogP contribution in [0.3, 0.4) is 0 Å². The van der Waals surface area contributed by atoms with E-state index in [-0.39, 0.29) is 5.92 Å². The van der Waals surface area contributed by atoms with Crippen LogP contribution in [0.15, 0.2) is 11.8 Å². The standard InChI is InChI=1S/C8H16N2.C2H6/c1-4-7(9)5-8(10)6(2)3;1-2/h5-6,10H,4,9H2,1-3H3;1-2H3/b7-5-,10-8?;. The van der Waals surface area contributed by atoms with Gasteiger partial charge in [-0.05, 0) is 18.4 Å². The maximum absolute atomic E-state index is 7.42. The Morgan fingerprint density at radius 3 is 2.08 bits per heavy atom. The lowest BCUT2D eigenvalue weighted by Gasteiger charge is -2.02. The van der Waals surface area contributed by atoms with Crippen molar-refractivity contribution in [1.29, 1.82) is 5.41 Å². The summed E-state index contributed by atoms with van der Waals surface area (Å²) in [6, 6.07) is 0. The lowest BCUT2D eigenvalue weighted by molar-refractivity contribution is 0.879. The smallest absolute Gasteiger partial charge is 0.0356 e.